The van der Waals surface area contributed by atoms with E-state index in [4.69, 9.17) is 14.3 Å². The number of carbonyl (C=O) groups excluding carboxylic acids is 3. The molecule has 1 aromatic carbocycles. The summed E-state index contributed by atoms with van der Waals surface area (Å²) in [4.78, 5) is 48.6. The van der Waals surface area contributed by atoms with Crippen molar-refractivity contribution in [3.05, 3.63) is 58.0 Å². The number of barbiturate groups is 1. The molecule has 1 aliphatic rings. The Bertz CT molecular complexity index is 982. The molecule has 0 aliphatic carbocycles. The van der Waals surface area contributed by atoms with E-state index in [0.29, 0.717) is 15.8 Å². The lowest BCUT2D eigenvalue weighted by Gasteiger charge is -2.25. The number of rotatable bonds is 6. The Kier molecular flexibility index (Phi) is 5.59. The molecule has 1 aromatic heterocycles. The highest BCUT2D eigenvalue weighted by Crippen LogP contribution is 2.27. The van der Waals surface area contributed by atoms with Gasteiger partial charge >= 0.3 is 12.0 Å². The predicted octanol–water partition coefficient (Wildman–Crippen LogP) is 2.17. The average molecular weight is 449 g/mol. The standard InChI is InChI=1S/C18H13BrN2O7/c19-11-3-4-14(28-9-15(22)23)10(6-11)7-13-16(24)20-18(26)21(17(13)25)8-12-2-1-5-27-12/h1-7H,8-9H2,(H,22,23)(H,20,24,26)/b13-7+. The fourth-order valence-corrected chi connectivity index (χ4v) is 2.83. The number of ether oxygens (including phenoxy) is 1. The van der Waals surface area contributed by atoms with Crippen LogP contribution in [0, 0.1) is 0 Å². The fourth-order valence-electron chi connectivity index (χ4n) is 2.45. The van der Waals surface area contributed by atoms with Crippen LogP contribution >= 0.6 is 15.9 Å². The highest BCUT2D eigenvalue weighted by Gasteiger charge is 2.36. The number of nitrogens with one attached hydrogen (secondary N) is 1. The van der Waals surface area contributed by atoms with Crippen LogP contribution in [0.15, 0.2) is 51.1 Å². The van der Waals surface area contributed by atoms with E-state index < -0.39 is 30.4 Å². The number of amides is 4. The van der Waals surface area contributed by atoms with Crippen LogP contribution in [0.25, 0.3) is 6.08 Å². The quantitative estimate of drug-likeness (QED) is 0.511. The van der Waals surface area contributed by atoms with Crippen LogP contribution in [0.2, 0.25) is 0 Å². The Hall–Kier alpha value is -3.40. The number of halogens is 1. The van der Waals surface area contributed by atoms with Crippen molar-refractivity contribution in [1.82, 2.24) is 10.2 Å². The molecule has 2 aromatic rings. The molecule has 1 saturated heterocycles. The maximum atomic E-state index is 12.7. The number of carboxylic acid groups (broad SMARTS) is 1. The normalized spacial score (nSPS) is 15.7. The largest absolute Gasteiger partial charge is 0.481 e. The lowest BCUT2D eigenvalue weighted by atomic mass is 10.1. The van der Waals surface area contributed by atoms with Crippen LogP contribution in [-0.2, 0) is 20.9 Å². The Labute approximate surface area is 166 Å². The van der Waals surface area contributed by atoms with Gasteiger partial charge in [-0.05, 0) is 36.4 Å². The van der Waals surface area contributed by atoms with Gasteiger partial charge in [-0.3, -0.25) is 19.8 Å². The van der Waals surface area contributed by atoms with Gasteiger partial charge in [0.25, 0.3) is 11.8 Å². The van der Waals surface area contributed by atoms with E-state index in [1.165, 1.54) is 18.4 Å². The van der Waals surface area contributed by atoms with Gasteiger partial charge in [-0.15, -0.1) is 0 Å². The minimum Gasteiger partial charge on any atom is -0.481 e. The Morgan fingerprint density at radius 3 is 2.75 bits per heavy atom. The molecule has 0 unspecified atom stereocenters. The Morgan fingerprint density at radius 1 is 1.29 bits per heavy atom. The van der Waals surface area contributed by atoms with E-state index in [-0.39, 0.29) is 17.9 Å². The molecule has 2 N–H and O–H groups in total. The maximum absolute atomic E-state index is 12.7. The summed E-state index contributed by atoms with van der Waals surface area (Å²) < 4.78 is 11.0. The van der Waals surface area contributed by atoms with Crippen molar-refractivity contribution in [2.24, 2.45) is 0 Å². The third kappa shape index (κ3) is 4.29. The molecule has 144 valence electrons. The number of carboxylic acids is 1. The average Bonchev–Trinajstić information content (AvgIpc) is 3.14. The molecule has 1 fully saturated rings. The van der Waals surface area contributed by atoms with Gasteiger partial charge in [-0.25, -0.2) is 9.59 Å². The molecule has 2 heterocycles. The van der Waals surface area contributed by atoms with Crippen molar-refractivity contribution >= 4 is 45.8 Å². The zero-order valence-electron chi connectivity index (χ0n) is 14.2. The fraction of sp³-hybridized carbons (Fsp3) is 0.111. The van der Waals surface area contributed by atoms with E-state index in [1.807, 2.05) is 0 Å². The summed E-state index contributed by atoms with van der Waals surface area (Å²) >= 11 is 3.27. The van der Waals surface area contributed by atoms with Gasteiger partial charge in [-0.2, -0.15) is 0 Å². The van der Waals surface area contributed by atoms with Crippen molar-refractivity contribution in [3.8, 4) is 5.75 Å². The smallest absolute Gasteiger partial charge is 0.341 e. The Balaban J connectivity index is 1.94. The van der Waals surface area contributed by atoms with E-state index in [1.54, 1.807) is 24.3 Å². The van der Waals surface area contributed by atoms with Gasteiger partial charge in [0.05, 0.1) is 12.8 Å². The molecule has 10 heteroatoms. The third-order valence-electron chi connectivity index (χ3n) is 3.70. The second kappa shape index (κ2) is 8.09. The first-order valence-electron chi connectivity index (χ1n) is 7.90. The maximum Gasteiger partial charge on any atom is 0.341 e. The van der Waals surface area contributed by atoms with Crippen molar-refractivity contribution in [2.45, 2.75) is 6.54 Å². The van der Waals surface area contributed by atoms with E-state index in [0.717, 1.165) is 4.90 Å². The second-order valence-corrected chi connectivity index (χ2v) is 6.57. The Morgan fingerprint density at radius 2 is 2.07 bits per heavy atom. The molecule has 3 rings (SSSR count). The summed E-state index contributed by atoms with van der Waals surface area (Å²) in [6.45, 7) is -0.746. The number of aliphatic carboxylic acids is 1. The molecule has 0 spiro atoms. The van der Waals surface area contributed by atoms with Crippen molar-refractivity contribution in [3.63, 3.8) is 0 Å². The zero-order valence-corrected chi connectivity index (χ0v) is 15.8. The highest BCUT2D eigenvalue weighted by atomic mass is 79.9. The van der Waals surface area contributed by atoms with Crippen molar-refractivity contribution in [2.75, 3.05) is 6.61 Å². The lowest BCUT2D eigenvalue weighted by Crippen LogP contribution is -2.53. The predicted molar refractivity (Wildman–Crippen MR) is 98.0 cm³/mol. The first-order valence-corrected chi connectivity index (χ1v) is 8.70. The topological polar surface area (TPSA) is 126 Å². The van der Waals surface area contributed by atoms with Crippen LogP contribution in [0.4, 0.5) is 4.79 Å². The van der Waals surface area contributed by atoms with Crippen LogP contribution in [0.3, 0.4) is 0 Å². The molecule has 0 atom stereocenters. The number of benzene rings is 1. The lowest BCUT2D eigenvalue weighted by molar-refractivity contribution is -0.139. The summed E-state index contributed by atoms with van der Waals surface area (Å²) in [6.07, 6.45) is 2.64. The highest BCUT2D eigenvalue weighted by molar-refractivity contribution is 9.10. The van der Waals surface area contributed by atoms with Crippen LogP contribution < -0.4 is 10.1 Å². The van der Waals surface area contributed by atoms with Crippen LogP contribution in [-0.4, -0.2) is 40.4 Å². The van der Waals surface area contributed by atoms with Gasteiger partial charge in [0.1, 0.15) is 17.1 Å². The molecule has 4 amide bonds. The number of hydrogen-bond acceptors (Lipinski definition) is 6. The number of carbonyl (C=O) groups is 4. The van der Waals surface area contributed by atoms with Crippen LogP contribution in [0.5, 0.6) is 5.75 Å². The van der Waals surface area contributed by atoms with Crippen LogP contribution in [0.1, 0.15) is 11.3 Å². The molecule has 0 saturated carbocycles. The molecular weight excluding hydrogens is 436 g/mol. The molecular formula is C18H13BrN2O7. The first-order chi connectivity index (χ1) is 13.3. The number of imide groups is 2. The molecule has 1 aliphatic heterocycles. The van der Waals surface area contributed by atoms with Gasteiger partial charge in [0, 0.05) is 10.0 Å². The minimum atomic E-state index is -1.18. The zero-order chi connectivity index (χ0) is 20.3. The number of furan rings is 1. The summed E-state index contributed by atoms with van der Waals surface area (Å²) in [7, 11) is 0. The van der Waals surface area contributed by atoms with E-state index >= 15 is 0 Å². The first kappa shape index (κ1) is 19.4. The molecule has 28 heavy (non-hydrogen) atoms. The SMILES string of the molecule is O=C(O)COc1ccc(Br)cc1/C=C1\C(=O)NC(=O)N(Cc2ccco2)C1=O. The van der Waals surface area contributed by atoms with Gasteiger partial charge in [0.15, 0.2) is 6.61 Å². The summed E-state index contributed by atoms with van der Waals surface area (Å²) in [6, 6.07) is 7.01. The second-order valence-electron chi connectivity index (χ2n) is 5.65. The van der Waals surface area contributed by atoms with Gasteiger partial charge in [0.2, 0.25) is 0 Å². The minimum absolute atomic E-state index is 0.150. The van der Waals surface area contributed by atoms with E-state index in [2.05, 4.69) is 21.2 Å². The monoisotopic (exact) mass is 448 g/mol. The van der Waals surface area contributed by atoms with Gasteiger partial charge < -0.3 is 14.3 Å². The number of nitrogens with zero attached hydrogens (tertiary/aromatic N) is 1. The third-order valence-corrected chi connectivity index (χ3v) is 4.20. The number of urea groups is 1. The molecule has 9 nitrogen and oxygen atoms in total. The van der Waals surface area contributed by atoms with Gasteiger partial charge in [-0.1, -0.05) is 15.9 Å². The summed E-state index contributed by atoms with van der Waals surface area (Å²) in [5.41, 5.74) is -0.00847. The van der Waals surface area contributed by atoms with Crippen molar-refractivity contribution < 1.29 is 33.4 Å². The number of hydrogen-bond donors (Lipinski definition) is 2. The van der Waals surface area contributed by atoms with E-state index in [9.17, 15) is 19.2 Å². The molecule has 0 radical (unpaired) electrons. The summed E-state index contributed by atoms with van der Waals surface area (Å²) in [5.74, 6) is -2.33. The summed E-state index contributed by atoms with van der Waals surface area (Å²) in [5, 5.41) is 10.9. The molecule has 0 bridgehead atoms. The van der Waals surface area contributed by atoms with Crippen molar-refractivity contribution in [1.29, 1.82) is 0 Å².